The molecule has 140 valence electrons. The van der Waals surface area contributed by atoms with Gasteiger partial charge in [-0.05, 0) is 41.5 Å². The zero-order chi connectivity index (χ0) is 18.6. The molecular formula is C22H25N3OS. The number of nitrogens with zero attached hydrogens (tertiary/aromatic N) is 1. The van der Waals surface area contributed by atoms with Gasteiger partial charge < -0.3 is 15.5 Å². The highest BCUT2D eigenvalue weighted by atomic mass is 32.1. The summed E-state index contributed by atoms with van der Waals surface area (Å²) in [5.41, 5.74) is 2.74. The summed E-state index contributed by atoms with van der Waals surface area (Å²) >= 11 is 1.81. The maximum atomic E-state index is 12.4. The van der Waals surface area contributed by atoms with Crippen LogP contribution in [-0.2, 0) is 19.4 Å². The molecule has 0 saturated heterocycles. The number of nitrogens with one attached hydrogen (secondary N) is 2. The second-order valence-electron chi connectivity index (χ2n) is 7.16. The van der Waals surface area contributed by atoms with E-state index in [0.29, 0.717) is 12.6 Å². The smallest absolute Gasteiger partial charge is 0.317 e. The van der Waals surface area contributed by atoms with Crippen LogP contribution >= 0.6 is 11.3 Å². The van der Waals surface area contributed by atoms with Crippen molar-refractivity contribution < 1.29 is 4.79 Å². The minimum Gasteiger partial charge on any atom is -0.336 e. The van der Waals surface area contributed by atoms with Crippen molar-refractivity contribution in [3.05, 3.63) is 70.6 Å². The van der Waals surface area contributed by atoms with Crippen molar-refractivity contribution in [2.45, 2.75) is 25.4 Å². The van der Waals surface area contributed by atoms with Crippen molar-refractivity contribution in [1.29, 1.82) is 0 Å². The first-order chi connectivity index (χ1) is 13.2. The van der Waals surface area contributed by atoms with E-state index >= 15 is 0 Å². The lowest BCUT2D eigenvalue weighted by atomic mass is 9.96. The molecule has 0 saturated carbocycles. The fourth-order valence-corrected chi connectivity index (χ4v) is 4.60. The highest BCUT2D eigenvalue weighted by Gasteiger charge is 2.18. The molecule has 1 aromatic heterocycles. The molecule has 0 fully saturated rings. The Labute approximate surface area is 164 Å². The normalized spacial score (nSPS) is 16.1. The summed E-state index contributed by atoms with van der Waals surface area (Å²) in [7, 11) is 1.87. The van der Waals surface area contributed by atoms with Gasteiger partial charge in [-0.3, -0.25) is 0 Å². The molecule has 1 atom stereocenters. The fraction of sp³-hybridized carbons (Fsp3) is 0.318. The third kappa shape index (κ3) is 4.31. The molecule has 0 radical (unpaired) electrons. The number of fused-ring (bicyclic) bond motifs is 2. The molecule has 1 aliphatic rings. The van der Waals surface area contributed by atoms with Gasteiger partial charge in [-0.1, -0.05) is 42.5 Å². The van der Waals surface area contributed by atoms with Gasteiger partial charge in [-0.25, -0.2) is 4.79 Å². The number of likely N-dealkylation sites (N-methyl/N-ethyl adjacent to an activating group) is 1. The molecule has 0 spiro atoms. The number of carbonyl (C=O) groups excluding carboxylic acids is 1. The third-order valence-corrected chi connectivity index (χ3v) is 6.36. The van der Waals surface area contributed by atoms with Crippen LogP contribution in [0.25, 0.3) is 10.1 Å². The van der Waals surface area contributed by atoms with Crippen molar-refractivity contribution in [3.8, 4) is 0 Å². The van der Waals surface area contributed by atoms with E-state index < -0.39 is 0 Å². The van der Waals surface area contributed by atoms with Crippen LogP contribution in [0.5, 0.6) is 0 Å². The van der Waals surface area contributed by atoms with Gasteiger partial charge in [-0.2, -0.15) is 0 Å². The number of urea groups is 1. The second kappa shape index (κ2) is 8.11. The number of rotatable bonds is 5. The summed E-state index contributed by atoms with van der Waals surface area (Å²) < 4.78 is 1.31. The minimum absolute atomic E-state index is 0.00299. The SMILES string of the molecule is CN(CCc1cc2ccccc2s1)C(=O)NCC1Cc2ccccc2CN1. The van der Waals surface area contributed by atoms with Gasteiger partial charge in [0, 0.05) is 42.3 Å². The highest BCUT2D eigenvalue weighted by molar-refractivity contribution is 7.19. The quantitative estimate of drug-likeness (QED) is 0.708. The molecule has 2 aromatic carbocycles. The summed E-state index contributed by atoms with van der Waals surface area (Å²) in [6.07, 6.45) is 1.85. The number of carbonyl (C=O) groups is 1. The maximum absolute atomic E-state index is 12.4. The van der Waals surface area contributed by atoms with E-state index in [9.17, 15) is 4.79 Å². The number of amides is 2. The monoisotopic (exact) mass is 379 g/mol. The average Bonchev–Trinajstić information content (AvgIpc) is 3.13. The maximum Gasteiger partial charge on any atom is 0.317 e. The predicted molar refractivity (Wildman–Crippen MR) is 112 cm³/mol. The van der Waals surface area contributed by atoms with Gasteiger partial charge in [-0.15, -0.1) is 11.3 Å². The zero-order valence-corrected chi connectivity index (χ0v) is 16.4. The lowest BCUT2D eigenvalue weighted by Crippen LogP contribution is -2.47. The first kappa shape index (κ1) is 18.0. The Bertz CT molecular complexity index is 903. The predicted octanol–water partition coefficient (Wildman–Crippen LogP) is 3.80. The van der Waals surface area contributed by atoms with Crippen LogP contribution in [0.2, 0.25) is 0 Å². The van der Waals surface area contributed by atoms with E-state index in [4.69, 9.17) is 0 Å². The Hall–Kier alpha value is -2.37. The van der Waals surface area contributed by atoms with Crippen molar-refractivity contribution in [1.82, 2.24) is 15.5 Å². The minimum atomic E-state index is -0.00299. The zero-order valence-electron chi connectivity index (χ0n) is 15.6. The Morgan fingerprint density at radius 3 is 2.81 bits per heavy atom. The molecular weight excluding hydrogens is 354 g/mol. The van der Waals surface area contributed by atoms with Gasteiger partial charge in [0.05, 0.1) is 0 Å². The van der Waals surface area contributed by atoms with Crippen LogP contribution in [0.1, 0.15) is 16.0 Å². The molecule has 4 nitrogen and oxygen atoms in total. The van der Waals surface area contributed by atoms with E-state index in [-0.39, 0.29) is 6.03 Å². The first-order valence-electron chi connectivity index (χ1n) is 9.45. The largest absolute Gasteiger partial charge is 0.336 e. The van der Waals surface area contributed by atoms with E-state index in [2.05, 4.69) is 65.2 Å². The molecule has 1 unspecified atom stereocenters. The first-order valence-corrected chi connectivity index (χ1v) is 10.3. The van der Waals surface area contributed by atoms with Gasteiger partial charge in [0.25, 0.3) is 0 Å². The molecule has 0 bridgehead atoms. The van der Waals surface area contributed by atoms with Crippen LogP contribution < -0.4 is 10.6 Å². The lowest BCUT2D eigenvalue weighted by Gasteiger charge is -2.27. The van der Waals surface area contributed by atoms with Crippen LogP contribution in [-0.4, -0.2) is 37.1 Å². The summed E-state index contributed by atoms with van der Waals surface area (Å²) in [6, 6.07) is 19.5. The molecule has 2 amide bonds. The molecule has 27 heavy (non-hydrogen) atoms. The van der Waals surface area contributed by atoms with Crippen LogP contribution in [0.4, 0.5) is 4.79 Å². The Morgan fingerprint density at radius 2 is 1.96 bits per heavy atom. The number of benzene rings is 2. The van der Waals surface area contributed by atoms with Gasteiger partial charge in [0.2, 0.25) is 0 Å². The average molecular weight is 380 g/mol. The van der Waals surface area contributed by atoms with Crippen LogP contribution in [0.15, 0.2) is 54.6 Å². The van der Waals surface area contributed by atoms with E-state index in [1.807, 2.05) is 18.4 Å². The van der Waals surface area contributed by atoms with E-state index in [1.54, 1.807) is 4.90 Å². The summed E-state index contributed by atoms with van der Waals surface area (Å²) in [4.78, 5) is 15.5. The Balaban J connectivity index is 1.25. The molecule has 1 aliphatic heterocycles. The summed E-state index contributed by atoms with van der Waals surface area (Å²) in [5.74, 6) is 0. The number of hydrogen-bond donors (Lipinski definition) is 2. The molecule has 2 N–H and O–H groups in total. The second-order valence-corrected chi connectivity index (χ2v) is 8.33. The van der Waals surface area contributed by atoms with E-state index in [0.717, 1.165) is 25.9 Å². The van der Waals surface area contributed by atoms with Crippen LogP contribution in [0, 0.1) is 0 Å². The molecule has 2 heterocycles. The summed E-state index contributed by atoms with van der Waals surface area (Å²) in [5, 5.41) is 7.87. The fourth-order valence-electron chi connectivity index (χ4n) is 3.55. The van der Waals surface area contributed by atoms with Crippen molar-refractivity contribution in [3.63, 3.8) is 0 Å². The Kier molecular flexibility index (Phi) is 5.41. The van der Waals surface area contributed by atoms with Gasteiger partial charge in [0.15, 0.2) is 0 Å². The van der Waals surface area contributed by atoms with Gasteiger partial charge in [0.1, 0.15) is 0 Å². The number of hydrogen-bond acceptors (Lipinski definition) is 3. The third-order valence-electron chi connectivity index (χ3n) is 5.18. The molecule has 0 aliphatic carbocycles. The molecule has 5 heteroatoms. The topological polar surface area (TPSA) is 44.4 Å². The molecule has 3 aromatic rings. The summed E-state index contributed by atoms with van der Waals surface area (Å²) in [6.45, 7) is 2.25. The van der Waals surface area contributed by atoms with Gasteiger partial charge >= 0.3 is 6.03 Å². The number of thiophene rings is 1. The molecule has 4 rings (SSSR count). The van der Waals surface area contributed by atoms with Crippen molar-refractivity contribution in [2.75, 3.05) is 20.1 Å². The lowest BCUT2D eigenvalue weighted by molar-refractivity contribution is 0.208. The highest BCUT2D eigenvalue weighted by Crippen LogP contribution is 2.25. The van der Waals surface area contributed by atoms with Crippen LogP contribution in [0.3, 0.4) is 0 Å². The Morgan fingerprint density at radius 1 is 1.19 bits per heavy atom. The van der Waals surface area contributed by atoms with Crippen molar-refractivity contribution in [2.24, 2.45) is 0 Å². The standard InChI is InChI=1S/C22H25N3OS/c1-25(11-10-20-13-17-7-4-5-9-21(17)27-20)22(26)24-15-19-12-16-6-2-3-8-18(16)14-23-19/h2-9,13,19,23H,10-12,14-15H2,1H3,(H,24,26). The van der Waals surface area contributed by atoms with Crippen molar-refractivity contribution >= 4 is 27.5 Å². The van der Waals surface area contributed by atoms with E-state index in [1.165, 1.54) is 26.1 Å².